The standard InChI is InChI=1S/C19H28N2O3/c22-17(20-12-10-14-6-2-1-3-7-14)11-13-21-18(23)15-8-4-5-9-16(15)19(21)24/h6,15-16H,1-5,7-13H2,(H,20,22)/t15-,16-/m0/s1. The van der Waals surface area contributed by atoms with Gasteiger partial charge in [0.25, 0.3) is 0 Å². The summed E-state index contributed by atoms with van der Waals surface area (Å²) in [7, 11) is 0. The van der Waals surface area contributed by atoms with E-state index in [1.165, 1.54) is 23.3 Å². The number of imide groups is 1. The van der Waals surface area contributed by atoms with Crippen molar-refractivity contribution in [3.05, 3.63) is 11.6 Å². The minimum Gasteiger partial charge on any atom is -0.356 e. The molecule has 0 radical (unpaired) electrons. The SMILES string of the molecule is O=C(CCN1C(=O)[C@H]2CCCC[C@@H]2C1=O)NCCC1=CCCCC1. The summed E-state index contributed by atoms with van der Waals surface area (Å²) in [6.45, 7) is 0.886. The molecule has 3 aliphatic rings. The van der Waals surface area contributed by atoms with Gasteiger partial charge in [0.1, 0.15) is 0 Å². The van der Waals surface area contributed by atoms with Crippen LogP contribution in [0.15, 0.2) is 11.6 Å². The molecule has 3 rings (SSSR count). The third kappa shape index (κ3) is 3.87. The van der Waals surface area contributed by atoms with Gasteiger partial charge in [0.2, 0.25) is 17.7 Å². The fourth-order valence-corrected chi connectivity index (χ4v) is 4.25. The van der Waals surface area contributed by atoms with E-state index in [1.54, 1.807) is 0 Å². The average Bonchev–Trinajstić information content (AvgIpc) is 2.85. The van der Waals surface area contributed by atoms with Crippen LogP contribution in [-0.4, -0.2) is 35.7 Å². The number of nitrogens with one attached hydrogen (secondary N) is 1. The zero-order chi connectivity index (χ0) is 16.9. The van der Waals surface area contributed by atoms with Crippen LogP contribution in [0.25, 0.3) is 0 Å². The molecular formula is C19H28N2O3. The molecule has 132 valence electrons. The molecule has 1 saturated carbocycles. The van der Waals surface area contributed by atoms with E-state index in [0.29, 0.717) is 6.54 Å². The largest absolute Gasteiger partial charge is 0.356 e. The average molecular weight is 332 g/mol. The van der Waals surface area contributed by atoms with E-state index in [-0.39, 0.29) is 42.5 Å². The molecule has 1 heterocycles. The van der Waals surface area contributed by atoms with E-state index >= 15 is 0 Å². The normalized spacial score (nSPS) is 27.0. The van der Waals surface area contributed by atoms with Crippen LogP contribution in [0.5, 0.6) is 0 Å². The molecule has 0 bridgehead atoms. The third-order valence-corrected chi connectivity index (χ3v) is 5.65. The Bertz CT molecular complexity index is 517. The topological polar surface area (TPSA) is 66.5 Å². The molecule has 2 fully saturated rings. The molecule has 3 amide bonds. The maximum atomic E-state index is 12.3. The molecule has 2 atom stereocenters. The maximum Gasteiger partial charge on any atom is 0.233 e. The van der Waals surface area contributed by atoms with Crippen molar-refractivity contribution < 1.29 is 14.4 Å². The lowest BCUT2D eigenvalue weighted by Crippen LogP contribution is -2.35. The highest BCUT2D eigenvalue weighted by molar-refractivity contribution is 6.05. The Kier molecular flexibility index (Phi) is 5.69. The summed E-state index contributed by atoms with van der Waals surface area (Å²) in [6, 6.07) is 0. The Morgan fingerprint density at radius 2 is 1.79 bits per heavy atom. The molecule has 0 aromatic carbocycles. The first kappa shape index (κ1) is 17.2. The van der Waals surface area contributed by atoms with E-state index < -0.39 is 0 Å². The van der Waals surface area contributed by atoms with Crippen molar-refractivity contribution in [1.82, 2.24) is 10.2 Å². The molecule has 1 aliphatic heterocycles. The van der Waals surface area contributed by atoms with Crippen LogP contribution in [0.3, 0.4) is 0 Å². The second-order valence-corrected chi connectivity index (χ2v) is 7.28. The highest BCUT2D eigenvalue weighted by Gasteiger charge is 2.47. The van der Waals surface area contributed by atoms with Gasteiger partial charge in [-0.1, -0.05) is 24.5 Å². The number of rotatable bonds is 6. The van der Waals surface area contributed by atoms with Gasteiger partial charge in [0, 0.05) is 19.5 Å². The third-order valence-electron chi connectivity index (χ3n) is 5.65. The van der Waals surface area contributed by atoms with Gasteiger partial charge in [0.15, 0.2) is 0 Å². The summed E-state index contributed by atoms with van der Waals surface area (Å²) in [4.78, 5) is 38.0. The highest BCUT2D eigenvalue weighted by atomic mass is 16.2. The highest BCUT2D eigenvalue weighted by Crippen LogP contribution is 2.37. The number of nitrogens with zero attached hydrogens (tertiary/aromatic N) is 1. The van der Waals surface area contributed by atoms with Crippen LogP contribution in [0.2, 0.25) is 0 Å². The number of likely N-dealkylation sites (tertiary alicyclic amines) is 1. The summed E-state index contributed by atoms with van der Waals surface area (Å²) in [5.74, 6) is -0.406. The second kappa shape index (κ2) is 7.95. The van der Waals surface area contributed by atoms with E-state index in [1.807, 2.05) is 0 Å². The zero-order valence-electron chi connectivity index (χ0n) is 14.4. The number of hydrogen-bond donors (Lipinski definition) is 1. The van der Waals surface area contributed by atoms with E-state index in [2.05, 4.69) is 11.4 Å². The molecule has 24 heavy (non-hydrogen) atoms. The first-order valence-corrected chi connectivity index (χ1v) is 9.46. The first-order chi connectivity index (χ1) is 11.7. The van der Waals surface area contributed by atoms with Crippen LogP contribution in [-0.2, 0) is 14.4 Å². The zero-order valence-corrected chi connectivity index (χ0v) is 14.4. The van der Waals surface area contributed by atoms with Crippen molar-refractivity contribution >= 4 is 17.7 Å². The minimum atomic E-state index is -0.118. The van der Waals surface area contributed by atoms with Crippen molar-refractivity contribution in [3.8, 4) is 0 Å². The Labute approximate surface area is 143 Å². The van der Waals surface area contributed by atoms with Gasteiger partial charge in [0.05, 0.1) is 11.8 Å². The van der Waals surface area contributed by atoms with Crippen molar-refractivity contribution in [2.24, 2.45) is 11.8 Å². The fourth-order valence-electron chi connectivity index (χ4n) is 4.25. The summed E-state index contributed by atoms with van der Waals surface area (Å²) in [5.41, 5.74) is 1.44. The Hall–Kier alpha value is -1.65. The van der Waals surface area contributed by atoms with Gasteiger partial charge in [-0.2, -0.15) is 0 Å². The van der Waals surface area contributed by atoms with Gasteiger partial charge >= 0.3 is 0 Å². The Balaban J connectivity index is 1.40. The van der Waals surface area contributed by atoms with Crippen LogP contribution >= 0.6 is 0 Å². The summed E-state index contributed by atoms with van der Waals surface area (Å²) >= 11 is 0. The van der Waals surface area contributed by atoms with Gasteiger partial charge in [-0.25, -0.2) is 0 Å². The van der Waals surface area contributed by atoms with Gasteiger partial charge < -0.3 is 5.32 Å². The lowest BCUT2D eigenvalue weighted by molar-refractivity contribution is -0.140. The van der Waals surface area contributed by atoms with E-state index in [0.717, 1.165) is 44.9 Å². The van der Waals surface area contributed by atoms with Crippen LogP contribution in [0.1, 0.15) is 64.2 Å². The molecule has 0 spiro atoms. The molecule has 0 aromatic heterocycles. The molecule has 1 N–H and O–H groups in total. The van der Waals surface area contributed by atoms with Crippen LogP contribution in [0, 0.1) is 11.8 Å². The van der Waals surface area contributed by atoms with Crippen molar-refractivity contribution in [1.29, 1.82) is 0 Å². The van der Waals surface area contributed by atoms with Gasteiger partial charge in [-0.15, -0.1) is 0 Å². The molecule has 5 nitrogen and oxygen atoms in total. The quantitative estimate of drug-likeness (QED) is 0.600. The predicted molar refractivity (Wildman–Crippen MR) is 91.0 cm³/mol. The van der Waals surface area contributed by atoms with Crippen molar-refractivity contribution in [2.45, 2.75) is 64.2 Å². The number of amides is 3. The summed E-state index contributed by atoms with van der Waals surface area (Å²) in [6.07, 6.45) is 12.0. The number of carbonyl (C=O) groups is 3. The van der Waals surface area contributed by atoms with Gasteiger partial charge in [-0.3, -0.25) is 19.3 Å². The number of allylic oxidation sites excluding steroid dienone is 1. The van der Waals surface area contributed by atoms with Crippen molar-refractivity contribution in [2.75, 3.05) is 13.1 Å². The predicted octanol–water partition coefficient (Wildman–Crippen LogP) is 2.56. The molecule has 5 heteroatoms. The molecule has 2 aliphatic carbocycles. The Morgan fingerprint density at radius 1 is 1.08 bits per heavy atom. The molecule has 1 saturated heterocycles. The van der Waals surface area contributed by atoms with Gasteiger partial charge in [-0.05, 0) is 44.9 Å². The monoisotopic (exact) mass is 332 g/mol. The number of hydrogen-bond acceptors (Lipinski definition) is 3. The van der Waals surface area contributed by atoms with E-state index in [9.17, 15) is 14.4 Å². The van der Waals surface area contributed by atoms with Crippen molar-refractivity contribution in [3.63, 3.8) is 0 Å². The first-order valence-electron chi connectivity index (χ1n) is 9.46. The van der Waals surface area contributed by atoms with E-state index in [4.69, 9.17) is 0 Å². The number of carbonyl (C=O) groups excluding carboxylic acids is 3. The lowest BCUT2D eigenvalue weighted by atomic mass is 9.81. The molecular weight excluding hydrogens is 304 g/mol. The second-order valence-electron chi connectivity index (χ2n) is 7.28. The molecule has 0 unspecified atom stereocenters. The maximum absolute atomic E-state index is 12.3. The smallest absolute Gasteiger partial charge is 0.233 e. The van der Waals surface area contributed by atoms with Crippen LogP contribution < -0.4 is 5.32 Å². The number of fused-ring (bicyclic) bond motifs is 1. The Morgan fingerprint density at radius 3 is 2.42 bits per heavy atom. The fraction of sp³-hybridized carbons (Fsp3) is 0.737. The summed E-state index contributed by atoms with van der Waals surface area (Å²) < 4.78 is 0. The minimum absolute atomic E-state index is 0.0511. The lowest BCUT2D eigenvalue weighted by Gasteiger charge is -2.19. The molecule has 0 aromatic rings. The summed E-state index contributed by atoms with van der Waals surface area (Å²) in [5, 5.41) is 2.92. The van der Waals surface area contributed by atoms with Crippen LogP contribution in [0.4, 0.5) is 0 Å².